The summed E-state index contributed by atoms with van der Waals surface area (Å²) in [6.07, 6.45) is 3.93. The van der Waals surface area contributed by atoms with Crippen LogP contribution in [0.1, 0.15) is 6.42 Å². The van der Waals surface area contributed by atoms with Crippen LogP contribution in [0.4, 0.5) is 0 Å². The van der Waals surface area contributed by atoms with E-state index in [-0.39, 0.29) is 12.1 Å². The third-order valence-electron chi connectivity index (χ3n) is 2.24. The van der Waals surface area contributed by atoms with Gasteiger partial charge in [-0.1, -0.05) is 11.6 Å². The molecule has 0 aromatic heterocycles. The maximum absolute atomic E-state index is 11.7. The first kappa shape index (κ1) is 10.2. The van der Waals surface area contributed by atoms with Crippen LogP contribution < -0.4 is 0 Å². The molecule has 80 valence electrons. The molecule has 5 nitrogen and oxygen atoms in total. The third-order valence-corrected chi connectivity index (χ3v) is 2.62. The van der Waals surface area contributed by atoms with Crippen molar-refractivity contribution in [1.29, 1.82) is 0 Å². The summed E-state index contributed by atoms with van der Waals surface area (Å²) in [6.45, 7) is 0. The van der Waals surface area contributed by atoms with Crippen LogP contribution in [-0.2, 0) is 4.79 Å². The number of fused-ring (bicyclic) bond motifs is 1. The molecule has 0 aromatic carbocycles. The maximum Gasteiger partial charge on any atom is 0.258 e. The summed E-state index contributed by atoms with van der Waals surface area (Å²) < 4.78 is 0. The van der Waals surface area contributed by atoms with Gasteiger partial charge in [-0.3, -0.25) is 9.79 Å². The zero-order chi connectivity index (χ0) is 11.0. The zero-order valence-corrected chi connectivity index (χ0v) is 9.27. The van der Waals surface area contributed by atoms with Gasteiger partial charge < -0.3 is 4.90 Å². The van der Waals surface area contributed by atoms with Crippen LogP contribution in [0.15, 0.2) is 20.8 Å². The summed E-state index contributed by atoms with van der Waals surface area (Å²) in [6, 6.07) is 0. The molecule has 15 heavy (non-hydrogen) atoms. The van der Waals surface area contributed by atoms with Crippen LogP contribution in [0.3, 0.4) is 0 Å². The molecule has 1 amide bonds. The van der Waals surface area contributed by atoms with Gasteiger partial charge in [0, 0.05) is 32.9 Å². The minimum atomic E-state index is -0.163. The molecule has 2 heterocycles. The summed E-state index contributed by atoms with van der Waals surface area (Å²) in [5.74, 6) is -0.163. The average Bonchev–Trinajstić information content (AvgIpc) is 2.66. The monoisotopic (exact) mass is 226 g/mol. The van der Waals surface area contributed by atoms with E-state index in [1.807, 2.05) is 0 Å². The highest BCUT2D eigenvalue weighted by Crippen LogP contribution is 2.27. The molecule has 0 radical (unpaired) electrons. The summed E-state index contributed by atoms with van der Waals surface area (Å²) in [5, 5.41) is 5.98. The van der Waals surface area contributed by atoms with E-state index in [0.29, 0.717) is 10.7 Å². The lowest BCUT2D eigenvalue weighted by Crippen LogP contribution is -2.33. The zero-order valence-electron chi connectivity index (χ0n) is 8.51. The number of nitrogens with zero attached hydrogens (tertiary/aromatic N) is 4. The standard InChI is InChI=1S/C9H11ClN4O/c1-13(2)9(15)6-5-11-7-3-4-12-14(7)8(6)10/h4-5,7H,3H2,1-2H3. The SMILES string of the molecule is CN(C)C(=O)C1=C(Cl)N2N=CCC2N=C1. The van der Waals surface area contributed by atoms with Crippen LogP contribution >= 0.6 is 11.6 Å². The topological polar surface area (TPSA) is 48.3 Å². The van der Waals surface area contributed by atoms with Crippen molar-refractivity contribution in [2.75, 3.05) is 14.1 Å². The maximum atomic E-state index is 11.7. The lowest BCUT2D eigenvalue weighted by Gasteiger charge is -2.25. The molecule has 1 unspecified atom stereocenters. The lowest BCUT2D eigenvalue weighted by molar-refractivity contribution is -0.124. The summed E-state index contributed by atoms with van der Waals surface area (Å²) in [4.78, 5) is 17.4. The van der Waals surface area contributed by atoms with Crippen molar-refractivity contribution < 1.29 is 4.79 Å². The largest absolute Gasteiger partial charge is 0.345 e. The van der Waals surface area contributed by atoms with E-state index in [0.717, 1.165) is 6.42 Å². The Morgan fingerprint density at radius 2 is 2.40 bits per heavy atom. The van der Waals surface area contributed by atoms with E-state index in [2.05, 4.69) is 10.1 Å². The Balaban J connectivity index is 2.32. The van der Waals surface area contributed by atoms with Gasteiger partial charge in [-0.05, 0) is 0 Å². The Hall–Kier alpha value is -1.36. The van der Waals surface area contributed by atoms with Gasteiger partial charge in [-0.25, -0.2) is 5.01 Å². The number of carbonyl (C=O) groups is 1. The van der Waals surface area contributed by atoms with Gasteiger partial charge in [0.1, 0.15) is 11.3 Å². The minimum absolute atomic E-state index is 0.0730. The van der Waals surface area contributed by atoms with Crippen LogP contribution in [0.25, 0.3) is 0 Å². The number of carbonyl (C=O) groups excluding carboxylic acids is 1. The fourth-order valence-corrected chi connectivity index (χ4v) is 1.72. The first-order valence-electron chi connectivity index (χ1n) is 4.57. The number of hydrogen-bond donors (Lipinski definition) is 0. The van der Waals surface area contributed by atoms with Gasteiger partial charge in [0.25, 0.3) is 5.91 Å². The summed E-state index contributed by atoms with van der Waals surface area (Å²) in [7, 11) is 3.35. The Morgan fingerprint density at radius 3 is 3.07 bits per heavy atom. The smallest absolute Gasteiger partial charge is 0.258 e. The van der Waals surface area contributed by atoms with E-state index < -0.39 is 0 Å². The second-order valence-electron chi connectivity index (χ2n) is 3.54. The molecular formula is C9H11ClN4O. The second-order valence-corrected chi connectivity index (χ2v) is 3.90. The van der Waals surface area contributed by atoms with E-state index in [9.17, 15) is 4.79 Å². The van der Waals surface area contributed by atoms with Crippen molar-refractivity contribution in [2.45, 2.75) is 12.6 Å². The van der Waals surface area contributed by atoms with Crippen LogP contribution in [0, 0.1) is 0 Å². The molecule has 0 aromatic rings. The Labute approximate surface area is 92.7 Å². The highest BCUT2D eigenvalue weighted by atomic mass is 35.5. The Bertz CT molecular complexity index is 386. The fourth-order valence-electron chi connectivity index (χ4n) is 1.43. The van der Waals surface area contributed by atoms with Crippen molar-refractivity contribution in [2.24, 2.45) is 10.1 Å². The van der Waals surface area contributed by atoms with Gasteiger partial charge >= 0.3 is 0 Å². The number of hydrogen-bond acceptors (Lipinski definition) is 4. The van der Waals surface area contributed by atoms with Crippen molar-refractivity contribution >= 4 is 29.9 Å². The Morgan fingerprint density at radius 1 is 1.67 bits per heavy atom. The van der Waals surface area contributed by atoms with Gasteiger partial charge in [0.2, 0.25) is 0 Å². The summed E-state index contributed by atoms with van der Waals surface area (Å²) >= 11 is 6.08. The molecule has 2 aliphatic rings. The average molecular weight is 227 g/mol. The van der Waals surface area contributed by atoms with Gasteiger partial charge in [0.15, 0.2) is 0 Å². The predicted molar refractivity (Wildman–Crippen MR) is 58.8 cm³/mol. The molecule has 0 saturated carbocycles. The molecule has 1 atom stereocenters. The number of amides is 1. The van der Waals surface area contributed by atoms with Crippen molar-refractivity contribution in [3.63, 3.8) is 0 Å². The van der Waals surface area contributed by atoms with Gasteiger partial charge in [0.05, 0.1) is 5.57 Å². The summed E-state index contributed by atoms with van der Waals surface area (Å²) in [5.41, 5.74) is 0.386. The molecular weight excluding hydrogens is 216 g/mol. The van der Waals surface area contributed by atoms with Crippen LogP contribution in [0.5, 0.6) is 0 Å². The van der Waals surface area contributed by atoms with Crippen molar-refractivity contribution in [3.05, 3.63) is 10.7 Å². The number of halogens is 1. The van der Waals surface area contributed by atoms with Gasteiger partial charge in [-0.2, -0.15) is 5.10 Å². The van der Waals surface area contributed by atoms with Crippen LogP contribution in [-0.4, -0.2) is 48.5 Å². The molecule has 0 spiro atoms. The lowest BCUT2D eigenvalue weighted by atomic mass is 10.2. The molecule has 2 rings (SSSR count). The van der Waals surface area contributed by atoms with Gasteiger partial charge in [-0.15, -0.1) is 0 Å². The molecule has 0 aliphatic carbocycles. The van der Waals surface area contributed by atoms with E-state index >= 15 is 0 Å². The Kier molecular flexibility index (Phi) is 2.48. The quantitative estimate of drug-likeness (QED) is 0.616. The fraction of sp³-hybridized carbons (Fsp3) is 0.444. The predicted octanol–water partition coefficient (Wildman–Crippen LogP) is 0.627. The first-order chi connectivity index (χ1) is 7.11. The van der Waals surface area contributed by atoms with E-state index in [1.54, 1.807) is 25.3 Å². The number of hydrazone groups is 1. The first-order valence-corrected chi connectivity index (χ1v) is 4.95. The molecule has 6 heteroatoms. The third kappa shape index (κ3) is 1.63. The van der Waals surface area contributed by atoms with Crippen LogP contribution in [0.2, 0.25) is 0 Å². The van der Waals surface area contributed by atoms with Crippen molar-refractivity contribution in [3.8, 4) is 0 Å². The normalized spacial score (nSPS) is 23.4. The molecule has 2 aliphatic heterocycles. The van der Waals surface area contributed by atoms with Crippen molar-refractivity contribution in [1.82, 2.24) is 9.91 Å². The highest BCUT2D eigenvalue weighted by molar-refractivity contribution is 6.35. The second kappa shape index (κ2) is 3.66. The number of rotatable bonds is 1. The number of aliphatic imine (C=N–C) groups is 1. The van der Waals surface area contributed by atoms with E-state index in [1.165, 1.54) is 11.1 Å². The highest BCUT2D eigenvalue weighted by Gasteiger charge is 2.30. The van der Waals surface area contributed by atoms with E-state index in [4.69, 9.17) is 11.6 Å². The minimum Gasteiger partial charge on any atom is -0.345 e. The molecule has 0 saturated heterocycles. The molecule has 0 bridgehead atoms. The number of likely N-dealkylation sites (N-methyl/N-ethyl adjacent to an activating group) is 1. The molecule has 0 N–H and O–H groups in total. The molecule has 0 fully saturated rings.